The average molecular weight is 212 g/mol. The Kier molecular flexibility index (Phi) is 2.87. The minimum atomic E-state index is -0.278. The summed E-state index contributed by atoms with van der Waals surface area (Å²) in [4.78, 5) is 13.7. The third kappa shape index (κ3) is 2.43. The minimum absolute atomic E-state index is 0.00782. The number of amides is 2. The number of aliphatic hydroxyl groups is 1. The highest BCUT2D eigenvalue weighted by Gasteiger charge is 2.44. The highest BCUT2D eigenvalue weighted by molar-refractivity contribution is 5.75. The van der Waals surface area contributed by atoms with Crippen LogP contribution >= 0.6 is 0 Å². The van der Waals surface area contributed by atoms with Gasteiger partial charge in [0.15, 0.2) is 0 Å². The molecule has 0 radical (unpaired) electrons. The second-order valence-corrected chi connectivity index (χ2v) is 5.04. The summed E-state index contributed by atoms with van der Waals surface area (Å²) in [7, 11) is 0. The molecule has 2 aliphatic rings. The molecule has 86 valence electrons. The summed E-state index contributed by atoms with van der Waals surface area (Å²) in [5.41, 5.74) is -0.278. The zero-order valence-corrected chi connectivity index (χ0v) is 9.33. The van der Waals surface area contributed by atoms with Crippen LogP contribution < -0.4 is 5.32 Å². The summed E-state index contributed by atoms with van der Waals surface area (Å²) >= 11 is 0. The SMILES string of the molecule is CC1CCN(C(=O)NC2(CO)CC2)CC1. The van der Waals surface area contributed by atoms with Gasteiger partial charge in [-0.15, -0.1) is 0 Å². The smallest absolute Gasteiger partial charge is 0.317 e. The second kappa shape index (κ2) is 4.00. The van der Waals surface area contributed by atoms with E-state index in [4.69, 9.17) is 5.11 Å². The summed E-state index contributed by atoms with van der Waals surface area (Å²) in [5, 5.41) is 12.1. The molecule has 1 aliphatic heterocycles. The maximum Gasteiger partial charge on any atom is 0.317 e. The van der Waals surface area contributed by atoms with Gasteiger partial charge >= 0.3 is 6.03 Å². The van der Waals surface area contributed by atoms with Gasteiger partial charge in [-0.1, -0.05) is 6.92 Å². The Morgan fingerprint density at radius 1 is 1.47 bits per heavy atom. The number of hydrogen-bond acceptors (Lipinski definition) is 2. The van der Waals surface area contributed by atoms with E-state index in [-0.39, 0.29) is 18.2 Å². The van der Waals surface area contributed by atoms with Crippen molar-refractivity contribution in [3.05, 3.63) is 0 Å². The number of hydrogen-bond donors (Lipinski definition) is 2. The standard InChI is InChI=1S/C11H20N2O2/c1-9-2-6-13(7-3-9)10(15)12-11(8-14)4-5-11/h9,14H,2-8H2,1H3,(H,12,15). The molecule has 1 saturated carbocycles. The van der Waals surface area contributed by atoms with E-state index < -0.39 is 0 Å². The third-order valence-corrected chi connectivity index (χ3v) is 3.60. The molecular weight excluding hydrogens is 192 g/mol. The molecule has 4 nitrogen and oxygen atoms in total. The topological polar surface area (TPSA) is 52.6 Å². The Morgan fingerprint density at radius 3 is 2.53 bits per heavy atom. The predicted molar refractivity (Wildman–Crippen MR) is 57.6 cm³/mol. The fraction of sp³-hybridized carbons (Fsp3) is 0.909. The Labute approximate surface area is 90.6 Å². The van der Waals surface area contributed by atoms with Gasteiger partial charge in [0.25, 0.3) is 0 Å². The van der Waals surface area contributed by atoms with Crippen LogP contribution in [0.15, 0.2) is 0 Å². The van der Waals surface area contributed by atoms with Crippen molar-refractivity contribution in [2.45, 2.75) is 38.1 Å². The highest BCUT2D eigenvalue weighted by Crippen LogP contribution is 2.34. The molecule has 0 aromatic heterocycles. The maximum atomic E-state index is 11.8. The average Bonchev–Trinajstić information content (AvgIpc) is 2.99. The van der Waals surface area contributed by atoms with Crippen molar-refractivity contribution < 1.29 is 9.90 Å². The monoisotopic (exact) mass is 212 g/mol. The molecule has 0 spiro atoms. The van der Waals surface area contributed by atoms with Crippen molar-refractivity contribution in [3.63, 3.8) is 0 Å². The number of urea groups is 1. The minimum Gasteiger partial charge on any atom is -0.394 e. The quantitative estimate of drug-likeness (QED) is 0.716. The molecule has 1 heterocycles. The van der Waals surface area contributed by atoms with Crippen LogP contribution in [-0.2, 0) is 0 Å². The van der Waals surface area contributed by atoms with Crippen LogP contribution in [-0.4, -0.2) is 41.3 Å². The van der Waals surface area contributed by atoms with Crippen molar-refractivity contribution in [2.75, 3.05) is 19.7 Å². The summed E-state index contributed by atoms with van der Waals surface area (Å²) < 4.78 is 0. The lowest BCUT2D eigenvalue weighted by atomic mass is 10.00. The molecule has 0 aromatic carbocycles. The van der Waals surface area contributed by atoms with E-state index in [0.717, 1.165) is 44.7 Å². The molecule has 0 unspecified atom stereocenters. The van der Waals surface area contributed by atoms with Crippen LogP contribution in [0.25, 0.3) is 0 Å². The van der Waals surface area contributed by atoms with E-state index in [9.17, 15) is 4.79 Å². The second-order valence-electron chi connectivity index (χ2n) is 5.04. The molecule has 2 rings (SSSR count). The van der Waals surface area contributed by atoms with E-state index >= 15 is 0 Å². The molecule has 2 fully saturated rings. The summed E-state index contributed by atoms with van der Waals surface area (Å²) in [6.07, 6.45) is 4.03. The molecule has 0 bridgehead atoms. The van der Waals surface area contributed by atoms with Crippen molar-refractivity contribution >= 4 is 6.03 Å². The number of likely N-dealkylation sites (tertiary alicyclic amines) is 1. The normalized spacial score (nSPS) is 25.1. The highest BCUT2D eigenvalue weighted by atomic mass is 16.3. The first-order valence-corrected chi connectivity index (χ1v) is 5.83. The lowest BCUT2D eigenvalue weighted by molar-refractivity contribution is 0.159. The third-order valence-electron chi connectivity index (χ3n) is 3.60. The van der Waals surface area contributed by atoms with Crippen LogP contribution in [0.2, 0.25) is 0 Å². The molecule has 15 heavy (non-hydrogen) atoms. The Morgan fingerprint density at radius 2 is 2.07 bits per heavy atom. The van der Waals surface area contributed by atoms with Crippen molar-refractivity contribution in [2.24, 2.45) is 5.92 Å². The van der Waals surface area contributed by atoms with Gasteiger partial charge in [0.1, 0.15) is 0 Å². The summed E-state index contributed by atoms with van der Waals surface area (Å²) in [6, 6.07) is 0.00782. The lowest BCUT2D eigenvalue weighted by Gasteiger charge is -2.31. The number of rotatable bonds is 2. The molecule has 4 heteroatoms. The Balaban J connectivity index is 1.81. The summed E-state index contributed by atoms with van der Waals surface area (Å²) in [5.74, 6) is 0.738. The number of aliphatic hydroxyl groups excluding tert-OH is 1. The summed E-state index contributed by atoms with van der Waals surface area (Å²) in [6.45, 7) is 4.01. The molecular formula is C11H20N2O2. The van der Waals surface area contributed by atoms with Crippen LogP contribution in [0.5, 0.6) is 0 Å². The predicted octanol–water partition coefficient (Wildman–Crippen LogP) is 0.953. The number of carbonyl (C=O) groups excluding carboxylic acids is 1. The van der Waals surface area contributed by atoms with Gasteiger partial charge in [0, 0.05) is 13.1 Å². The molecule has 0 atom stereocenters. The fourth-order valence-electron chi connectivity index (χ4n) is 1.99. The lowest BCUT2D eigenvalue weighted by Crippen LogP contribution is -2.49. The van der Waals surface area contributed by atoms with E-state index in [1.165, 1.54) is 0 Å². The number of nitrogens with zero attached hydrogens (tertiary/aromatic N) is 1. The van der Waals surface area contributed by atoms with Crippen molar-refractivity contribution in [3.8, 4) is 0 Å². The molecule has 0 aromatic rings. The van der Waals surface area contributed by atoms with E-state index in [1.54, 1.807) is 0 Å². The van der Waals surface area contributed by atoms with E-state index in [1.807, 2.05) is 4.90 Å². The largest absolute Gasteiger partial charge is 0.394 e. The van der Waals surface area contributed by atoms with Gasteiger partial charge in [0.2, 0.25) is 0 Å². The van der Waals surface area contributed by atoms with Gasteiger partial charge in [0.05, 0.1) is 12.1 Å². The van der Waals surface area contributed by atoms with E-state index in [0.29, 0.717) is 0 Å². The molecule has 1 aliphatic carbocycles. The number of nitrogens with one attached hydrogen (secondary N) is 1. The maximum absolute atomic E-state index is 11.8. The van der Waals surface area contributed by atoms with Gasteiger partial charge in [-0.3, -0.25) is 0 Å². The van der Waals surface area contributed by atoms with Gasteiger partial charge < -0.3 is 15.3 Å². The van der Waals surface area contributed by atoms with E-state index in [2.05, 4.69) is 12.2 Å². The Hall–Kier alpha value is -0.770. The van der Waals surface area contributed by atoms with Gasteiger partial charge in [-0.05, 0) is 31.6 Å². The first-order valence-electron chi connectivity index (χ1n) is 5.83. The fourth-order valence-corrected chi connectivity index (χ4v) is 1.99. The Bertz CT molecular complexity index is 243. The molecule has 2 N–H and O–H groups in total. The van der Waals surface area contributed by atoms with Crippen LogP contribution in [0.4, 0.5) is 4.79 Å². The first-order chi connectivity index (χ1) is 7.15. The van der Waals surface area contributed by atoms with Gasteiger partial charge in [-0.25, -0.2) is 4.79 Å². The van der Waals surface area contributed by atoms with Crippen molar-refractivity contribution in [1.29, 1.82) is 0 Å². The van der Waals surface area contributed by atoms with Crippen LogP contribution in [0.1, 0.15) is 32.6 Å². The number of carbonyl (C=O) groups is 1. The van der Waals surface area contributed by atoms with Gasteiger partial charge in [-0.2, -0.15) is 0 Å². The first kappa shape index (κ1) is 10.7. The zero-order chi connectivity index (χ0) is 10.9. The van der Waals surface area contributed by atoms with Crippen molar-refractivity contribution in [1.82, 2.24) is 10.2 Å². The zero-order valence-electron chi connectivity index (χ0n) is 9.33. The number of piperidine rings is 1. The van der Waals surface area contributed by atoms with Crippen LogP contribution in [0, 0.1) is 5.92 Å². The van der Waals surface area contributed by atoms with Crippen LogP contribution in [0.3, 0.4) is 0 Å². The molecule has 1 saturated heterocycles. The molecule has 2 amide bonds.